The highest BCUT2D eigenvalue weighted by molar-refractivity contribution is 5.68. The highest BCUT2D eigenvalue weighted by atomic mass is 16.7. The molecule has 0 amide bonds. The van der Waals surface area contributed by atoms with Gasteiger partial charge in [0.25, 0.3) is 0 Å². The van der Waals surface area contributed by atoms with Gasteiger partial charge in [-0.3, -0.25) is 19.2 Å². The lowest BCUT2D eigenvalue weighted by Crippen LogP contribution is -2.64. The van der Waals surface area contributed by atoms with Crippen molar-refractivity contribution in [2.24, 2.45) is 0 Å². The Bertz CT molecular complexity index is 785. The Morgan fingerprint density at radius 3 is 1.69 bits per heavy atom. The summed E-state index contributed by atoms with van der Waals surface area (Å²) in [5.74, 6) is -3.10. The molecule has 3 N–H and O–H groups in total. The molecule has 0 bridgehead atoms. The van der Waals surface area contributed by atoms with E-state index >= 15 is 0 Å². The van der Waals surface area contributed by atoms with Crippen LogP contribution in [0.25, 0.3) is 0 Å². The second-order valence-electron chi connectivity index (χ2n) is 8.15. The zero-order valence-corrected chi connectivity index (χ0v) is 20.4. The van der Waals surface area contributed by atoms with Crippen LogP contribution < -0.4 is 0 Å². The van der Waals surface area contributed by atoms with Gasteiger partial charge < -0.3 is 53.2 Å². The van der Waals surface area contributed by atoms with E-state index < -0.39 is 98.5 Å². The third-order valence-corrected chi connectivity index (χ3v) is 5.27. The first-order chi connectivity index (χ1) is 16.8. The van der Waals surface area contributed by atoms with Gasteiger partial charge in [-0.15, -0.1) is 0 Å². The van der Waals surface area contributed by atoms with E-state index in [4.69, 9.17) is 37.9 Å². The molecule has 0 spiro atoms. The van der Waals surface area contributed by atoms with Crippen LogP contribution in [0.2, 0.25) is 0 Å². The van der Waals surface area contributed by atoms with Gasteiger partial charge in [-0.2, -0.15) is 0 Å². The van der Waals surface area contributed by atoms with Crippen LogP contribution in [-0.2, 0) is 57.1 Å². The van der Waals surface area contributed by atoms with E-state index in [1.165, 1.54) is 7.11 Å². The van der Waals surface area contributed by atoms with Crippen LogP contribution >= 0.6 is 0 Å². The zero-order valence-electron chi connectivity index (χ0n) is 20.4. The predicted molar refractivity (Wildman–Crippen MR) is 112 cm³/mol. The third-order valence-electron chi connectivity index (χ3n) is 5.27. The third kappa shape index (κ3) is 7.80. The molecule has 0 aromatic heterocycles. The molecule has 2 saturated heterocycles. The van der Waals surface area contributed by atoms with Crippen LogP contribution in [0.15, 0.2) is 0 Å². The first-order valence-corrected chi connectivity index (χ1v) is 11.0. The molecule has 2 aliphatic rings. The number of esters is 4. The van der Waals surface area contributed by atoms with E-state index in [-0.39, 0.29) is 0 Å². The van der Waals surface area contributed by atoms with E-state index in [9.17, 15) is 34.5 Å². The minimum atomic E-state index is -1.63. The van der Waals surface area contributed by atoms with E-state index in [0.717, 1.165) is 27.7 Å². The van der Waals surface area contributed by atoms with E-state index in [1.807, 2.05) is 0 Å². The fraction of sp³-hybridized carbons (Fsp3) is 0.810. The van der Waals surface area contributed by atoms with Crippen molar-refractivity contribution >= 4 is 23.9 Å². The fourth-order valence-electron chi connectivity index (χ4n) is 3.76. The van der Waals surface area contributed by atoms with Crippen LogP contribution in [0.4, 0.5) is 0 Å². The average Bonchev–Trinajstić information content (AvgIpc) is 2.78. The maximum atomic E-state index is 11.8. The normalized spacial score (nSPS) is 36.4. The lowest BCUT2D eigenvalue weighted by molar-refractivity contribution is -0.330. The standard InChI is InChI=1S/C21H32O15/c1-8(22)30-7-13-17(32-9(2)23)18(33-10(3)24)19(34-11(4)25)21(36-13)31-6-12-14(26)15(27)16(28)20(29-5)35-12/h12-21,26-28H,6-7H2,1-5H3/t12-,13-,14+,15+,16-,17+,18+,19-,20-,21-/m1/s1. The van der Waals surface area contributed by atoms with Crippen LogP contribution in [0.5, 0.6) is 0 Å². The van der Waals surface area contributed by atoms with Gasteiger partial charge in [-0.05, 0) is 0 Å². The Labute approximate surface area is 206 Å². The summed E-state index contributed by atoms with van der Waals surface area (Å²) in [5.41, 5.74) is 0. The molecular formula is C21H32O15. The van der Waals surface area contributed by atoms with E-state index in [0.29, 0.717) is 0 Å². The van der Waals surface area contributed by atoms with Crippen LogP contribution in [0, 0.1) is 0 Å². The smallest absolute Gasteiger partial charge is 0.303 e. The molecule has 2 rings (SSSR count). The van der Waals surface area contributed by atoms with Crippen molar-refractivity contribution in [3.8, 4) is 0 Å². The monoisotopic (exact) mass is 524 g/mol. The SMILES string of the molecule is CO[C@@H]1O[C@H](CO[C@@H]2O[C@H](COC(C)=O)[C@H](OC(C)=O)[C@H](OC(C)=O)[C@H]2OC(C)=O)[C@H](O)[C@H](O)[C@H]1O. The van der Waals surface area contributed by atoms with Crippen molar-refractivity contribution in [3.05, 3.63) is 0 Å². The number of rotatable bonds is 9. The molecule has 15 heteroatoms. The molecule has 0 aromatic carbocycles. The van der Waals surface area contributed by atoms with Crippen LogP contribution in [0.1, 0.15) is 27.7 Å². The Balaban J connectivity index is 2.33. The number of ether oxygens (including phenoxy) is 8. The summed E-state index contributed by atoms with van der Waals surface area (Å²) in [5, 5.41) is 30.3. The molecule has 0 aromatic rings. The second-order valence-corrected chi connectivity index (χ2v) is 8.15. The zero-order chi connectivity index (χ0) is 27.2. The topological polar surface area (TPSA) is 203 Å². The number of aliphatic hydroxyl groups is 3. The Morgan fingerprint density at radius 2 is 1.17 bits per heavy atom. The molecule has 2 fully saturated rings. The molecule has 15 nitrogen and oxygen atoms in total. The Kier molecular flexibility index (Phi) is 11.0. The highest BCUT2D eigenvalue weighted by Gasteiger charge is 2.53. The molecule has 0 saturated carbocycles. The molecule has 0 aliphatic carbocycles. The van der Waals surface area contributed by atoms with Gasteiger partial charge in [0.15, 0.2) is 30.9 Å². The number of carbonyl (C=O) groups is 4. The minimum Gasteiger partial charge on any atom is -0.463 e. The lowest BCUT2D eigenvalue weighted by atomic mass is 9.97. The number of hydrogen-bond acceptors (Lipinski definition) is 15. The number of aliphatic hydroxyl groups excluding tert-OH is 3. The first kappa shape index (κ1) is 29.8. The largest absolute Gasteiger partial charge is 0.463 e. The minimum absolute atomic E-state index is 0.448. The van der Waals surface area contributed by atoms with E-state index in [2.05, 4.69) is 0 Å². The number of methoxy groups -OCH3 is 1. The second kappa shape index (κ2) is 13.2. The van der Waals surface area contributed by atoms with Gasteiger partial charge in [0.2, 0.25) is 0 Å². The summed E-state index contributed by atoms with van der Waals surface area (Å²) in [6, 6.07) is 0. The van der Waals surface area contributed by atoms with Crippen molar-refractivity contribution < 1.29 is 72.4 Å². The molecule has 2 aliphatic heterocycles. The van der Waals surface area contributed by atoms with Gasteiger partial charge in [0, 0.05) is 34.8 Å². The summed E-state index contributed by atoms with van der Waals surface area (Å²) in [4.78, 5) is 46.8. The van der Waals surface area contributed by atoms with Gasteiger partial charge in [-0.25, -0.2) is 0 Å². The molecule has 10 atom stereocenters. The van der Waals surface area contributed by atoms with Crippen molar-refractivity contribution in [2.75, 3.05) is 20.3 Å². The van der Waals surface area contributed by atoms with E-state index in [1.54, 1.807) is 0 Å². The first-order valence-electron chi connectivity index (χ1n) is 11.0. The van der Waals surface area contributed by atoms with Gasteiger partial charge >= 0.3 is 23.9 Å². The van der Waals surface area contributed by atoms with Crippen LogP contribution in [-0.4, -0.2) is 121 Å². The molecular weight excluding hydrogens is 492 g/mol. The number of carbonyl (C=O) groups excluding carboxylic acids is 4. The van der Waals surface area contributed by atoms with Crippen LogP contribution in [0.3, 0.4) is 0 Å². The average molecular weight is 524 g/mol. The number of hydrogen-bond donors (Lipinski definition) is 3. The summed E-state index contributed by atoms with van der Waals surface area (Å²) in [6.07, 6.45) is -14.3. The maximum Gasteiger partial charge on any atom is 0.303 e. The van der Waals surface area contributed by atoms with Gasteiger partial charge in [-0.1, -0.05) is 0 Å². The summed E-state index contributed by atoms with van der Waals surface area (Å²) >= 11 is 0. The molecule has 36 heavy (non-hydrogen) atoms. The molecule has 2 heterocycles. The van der Waals surface area contributed by atoms with Crippen molar-refractivity contribution in [3.63, 3.8) is 0 Å². The quantitative estimate of drug-likeness (QED) is 0.211. The lowest BCUT2D eigenvalue weighted by Gasteiger charge is -2.45. The molecule has 0 radical (unpaired) electrons. The molecule has 206 valence electrons. The summed E-state index contributed by atoms with van der Waals surface area (Å²) in [6.45, 7) is 3.44. The Hall–Kier alpha value is -2.40. The predicted octanol–water partition coefficient (Wildman–Crippen LogP) is -2.46. The van der Waals surface area contributed by atoms with Crippen molar-refractivity contribution in [2.45, 2.75) is 89.1 Å². The highest BCUT2D eigenvalue weighted by Crippen LogP contribution is 2.31. The van der Waals surface area contributed by atoms with Gasteiger partial charge in [0.05, 0.1) is 6.61 Å². The summed E-state index contributed by atoms with van der Waals surface area (Å²) in [7, 11) is 1.22. The Morgan fingerprint density at radius 1 is 0.639 bits per heavy atom. The molecule has 0 unspecified atom stereocenters. The van der Waals surface area contributed by atoms with Crippen molar-refractivity contribution in [1.29, 1.82) is 0 Å². The maximum absolute atomic E-state index is 11.8. The van der Waals surface area contributed by atoms with Gasteiger partial charge in [0.1, 0.15) is 37.1 Å². The fourth-order valence-corrected chi connectivity index (χ4v) is 3.76. The summed E-state index contributed by atoms with van der Waals surface area (Å²) < 4.78 is 42.6. The van der Waals surface area contributed by atoms with Crippen molar-refractivity contribution in [1.82, 2.24) is 0 Å².